The summed E-state index contributed by atoms with van der Waals surface area (Å²) in [6.45, 7) is 0. The van der Waals surface area contributed by atoms with Crippen LogP contribution in [0.2, 0.25) is 0 Å². The zero-order chi connectivity index (χ0) is 20.6. The van der Waals surface area contributed by atoms with E-state index in [4.69, 9.17) is 4.74 Å². The quantitative estimate of drug-likeness (QED) is 0.536. The summed E-state index contributed by atoms with van der Waals surface area (Å²) in [7, 11) is -3.05. The minimum absolute atomic E-state index is 0.0245. The summed E-state index contributed by atoms with van der Waals surface area (Å²) in [5, 5.41) is 4.37. The normalized spacial score (nSPS) is 11.6. The molecule has 0 unspecified atom stereocenters. The first-order chi connectivity index (χ1) is 13.9. The highest BCUT2D eigenvalue weighted by Gasteiger charge is 2.22. The number of nitrogens with one attached hydrogen (secondary N) is 1. The van der Waals surface area contributed by atoms with Gasteiger partial charge in [-0.1, -0.05) is 0 Å². The van der Waals surface area contributed by atoms with Gasteiger partial charge >= 0.3 is 0 Å². The van der Waals surface area contributed by atoms with E-state index in [0.717, 1.165) is 12.1 Å². The molecule has 0 radical (unpaired) electrons. The van der Waals surface area contributed by atoms with Gasteiger partial charge in [0.15, 0.2) is 5.65 Å². The smallest absolute Gasteiger partial charge is 0.264 e. The van der Waals surface area contributed by atoms with Crippen LogP contribution in [0.15, 0.2) is 59.9 Å². The van der Waals surface area contributed by atoms with Gasteiger partial charge in [-0.25, -0.2) is 31.7 Å². The lowest BCUT2D eigenvalue weighted by Gasteiger charge is -2.13. The van der Waals surface area contributed by atoms with Crippen molar-refractivity contribution in [3.8, 4) is 17.1 Å². The number of anilines is 1. The molecule has 4 rings (SSSR count). The number of hydrogen-bond donors (Lipinski definition) is 1. The number of fused-ring (bicyclic) bond motifs is 1. The van der Waals surface area contributed by atoms with Gasteiger partial charge in [-0.2, -0.15) is 5.10 Å². The van der Waals surface area contributed by atoms with Crippen LogP contribution in [0, 0.1) is 11.6 Å². The number of benzene rings is 1. The third-order valence-electron chi connectivity index (χ3n) is 4.02. The van der Waals surface area contributed by atoms with E-state index in [0.29, 0.717) is 23.0 Å². The molecular weight excluding hydrogens is 404 g/mol. The summed E-state index contributed by atoms with van der Waals surface area (Å²) in [6, 6.07) is 7.08. The Bertz CT molecular complexity index is 1320. The SMILES string of the molecule is COc1ncc(-c2ccc3nccn3n2)cc1NS(=O)(=O)c1ccc(F)cc1F. The Kier molecular flexibility index (Phi) is 4.59. The third-order valence-corrected chi connectivity index (χ3v) is 5.42. The van der Waals surface area contributed by atoms with Crippen LogP contribution in [0.5, 0.6) is 5.88 Å². The molecule has 0 aliphatic carbocycles. The summed E-state index contributed by atoms with van der Waals surface area (Å²) >= 11 is 0. The van der Waals surface area contributed by atoms with E-state index in [9.17, 15) is 17.2 Å². The standard InChI is InChI=1S/C18H13F2N5O3S/c1-28-18-15(24-29(26,27)16-4-2-12(19)9-13(16)20)8-11(10-22-18)14-3-5-17-21-6-7-25(17)23-14/h2-10,24H,1H3. The van der Waals surface area contributed by atoms with Crippen molar-refractivity contribution in [1.29, 1.82) is 0 Å². The Morgan fingerprint density at radius 1 is 1.10 bits per heavy atom. The van der Waals surface area contributed by atoms with Crippen molar-refractivity contribution in [2.24, 2.45) is 0 Å². The van der Waals surface area contributed by atoms with E-state index in [1.54, 1.807) is 29.0 Å². The van der Waals surface area contributed by atoms with E-state index < -0.39 is 26.6 Å². The molecule has 0 bridgehead atoms. The van der Waals surface area contributed by atoms with E-state index in [-0.39, 0.29) is 11.6 Å². The zero-order valence-corrected chi connectivity index (χ0v) is 15.7. The molecule has 148 valence electrons. The topological polar surface area (TPSA) is 98.5 Å². The summed E-state index contributed by atoms with van der Waals surface area (Å²) in [6.07, 6.45) is 4.71. The Morgan fingerprint density at radius 3 is 2.69 bits per heavy atom. The second-order valence-corrected chi connectivity index (χ2v) is 7.56. The lowest BCUT2D eigenvalue weighted by Crippen LogP contribution is -2.16. The van der Waals surface area contributed by atoms with Crippen LogP contribution in [0.3, 0.4) is 0 Å². The van der Waals surface area contributed by atoms with Crippen LogP contribution in [-0.4, -0.2) is 35.1 Å². The molecule has 3 heterocycles. The molecule has 11 heteroatoms. The summed E-state index contributed by atoms with van der Waals surface area (Å²) in [5.74, 6) is -2.12. The molecule has 0 aliphatic heterocycles. The molecule has 0 atom stereocenters. The summed E-state index contributed by atoms with van der Waals surface area (Å²) in [5.41, 5.74) is 1.60. The maximum atomic E-state index is 14.0. The number of rotatable bonds is 5. The Hall–Kier alpha value is -3.60. The van der Waals surface area contributed by atoms with Gasteiger partial charge in [0, 0.05) is 30.2 Å². The zero-order valence-electron chi connectivity index (χ0n) is 14.9. The maximum absolute atomic E-state index is 14.0. The minimum Gasteiger partial charge on any atom is -0.480 e. The minimum atomic E-state index is -4.37. The Morgan fingerprint density at radius 2 is 1.93 bits per heavy atom. The van der Waals surface area contributed by atoms with Gasteiger partial charge in [0.2, 0.25) is 5.88 Å². The fraction of sp³-hybridized carbons (Fsp3) is 0.0556. The molecule has 3 aromatic heterocycles. The van der Waals surface area contributed by atoms with E-state index in [2.05, 4.69) is 19.8 Å². The monoisotopic (exact) mass is 417 g/mol. The van der Waals surface area contributed by atoms with Gasteiger partial charge in [0.1, 0.15) is 22.2 Å². The average molecular weight is 417 g/mol. The largest absolute Gasteiger partial charge is 0.480 e. The molecule has 0 amide bonds. The fourth-order valence-electron chi connectivity index (χ4n) is 2.69. The number of halogens is 2. The first kappa shape index (κ1) is 18.7. The van der Waals surface area contributed by atoms with Crippen LogP contribution in [0.1, 0.15) is 0 Å². The number of nitrogens with zero attached hydrogens (tertiary/aromatic N) is 4. The Balaban J connectivity index is 1.75. The van der Waals surface area contributed by atoms with Gasteiger partial charge in [-0.3, -0.25) is 4.72 Å². The van der Waals surface area contributed by atoms with Crippen molar-refractivity contribution < 1.29 is 21.9 Å². The van der Waals surface area contributed by atoms with Gasteiger partial charge in [0.05, 0.1) is 12.8 Å². The molecule has 1 N–H and O–H groups in total. The number of hydrogen-bond acceptors (Lipinski definition) is 6. The number of ether oxygens (including phenoxy) is 1. The van der Waals surface area contributed by atoms with Crippen LogP contribution in [0.4, 0.5) is 14.5 Å². The maximum Gasteiger partial charge on any atom is 0.264 e. The van der Waals surface area contributed by atoms with Crippen molar-refractivity contribution in [3.05, 3.63) is 66.6 Å². The number of aromatic nitrogens is 4. The number of sulfonamides is 1. The highest BCUT2D eigenvalue weighted by molar-refractivity contribution is 7.92. The predicted molar refractivity (Wildman–Crippen MR) is 99.9 cm³/mol. The molecule has 0 saturated carbocycles. The van der Waals surface area contributed by atoms with Crippen molar-refractivity contribution in [3.63, 3.8) is 0 Å². The predicted octanol–water partition coefficient (Wildman–Crippen LogP) is 2.88. The second-order valence-electron chi connectivity index (χ2n) is 5.91. The van der Waals surface area contributed by atoms with E-state index in [1.165, 1.54) is 19.4 Å². The van der Waals surface area contributed by atoms with Crippen LogP contribution < -0.4 is 9.46 Å². The van der Waals surface area contributed by atoms with E-state index >= 15 is 0 Å². The lowest BCUT2D eigenvalue weighted by molar-refractivity contribution is 0.400. The molecule has 4 aromatic rings. The van der Waals surface area contributed by atoms with Crippen molar-refractivity contribution in [2.45, 2.75) is 4.90 Å². The highest BCUT2D eigenvalue weighted by Crippen LogP contribution is 2.30. The van der Waals surface area contributed by atoms with Crippen LogP contribution in [-0.2, 0) is 10.0 Å². The molecule has 0 spiro atoms. The molecule has 1 aromatic carbocycles. The van der Waals surface area contributed by atoms with Crippen molar-refractivity contribution in [2.75, 3.05) is 11.8 Å². The van der Waals surface area contributed by atoms with Crippen molar-refractivity contribution >= 4 is 21.4 Å². The fourth-order valence-corrected chi connectivity index (χ4v) is 3.80. The first-order valence-corrected chi connectivity index (χ1v) is 9.68. The number of imidazole rings is 1. The molecule has 8 nitrogen and oxygen atoms in total. The molecule has 29 heavy (non-hydrogen) atoms. The Labute approximate surface area is 163 Å². The highest BCUT2D eigenvalue weighted by atomic mass is 32.2. The molecular formula is C18H13F2N5O3S. The van der Waals surface area contributed by atoms with Crippen LogP contribution >= 0.6 is 0 Å². The van der Waals surface area contributed by atoms with Gasteiger partial charge in [-0.15, -0.1) is 0 Å². The summed E-state index contributed by atoms with van der Waals surface area (Å²) in [4.78, 5) is 7.49. The summed E-state index contributed by atoms with van der Waals surface area (Å²) < 4.78 is 61.2. The van der Waals surface area contributed by atoms with E-state index in [1.807, 2.05) is 0 Å². The van der Waals surface area contributed by atoms with Gasteiger partial charge < -0.3 is 4.74 Å². The number of methoxy groups -OCH3 is 1. The van der Waals surface area contributed by atoms with Crippen molar-refractivity contribution in [1.82, 2.24) is 19.6 Å². The second kappa shape index (κ2) is 7.09. The van der Waals surface area contributed by atoms with Gasteiger partial charge in [0.25, 0.3) is 10.0 Å². The molecule has 0 saturated heterocycles. The lowest BCUT2D eigenvalue weighted by atomic mass is 10.2. The van der Waals surface area contributed by atoms with Gasteiger partial charge in [-0.05, 0) is 30.3 Å². The average Bonchev–Trinajstić information content (AvgIpc) is 3.15. The third kappa shape index (κ3) is 3.59. The molecule has 0 fully saturated rings. The van der Waals surface area contributed by atoms with Crippen LogP contribution in [0.25, 0.3) is 16.9 Å². The number of pyridine rings is 1. The first-order valence-electron chi connectivity index (χ1n) is 8.20. The molecule has 0 aliphatic rings.